The molecule has 0 aromatic heterocycles. The first kappa shape index (κ1) is 14.6. The third kappa shape index (κ3) is 5.94. The number of aliphatic hydroxyl groups excluding tert-OH is 1. The first-order chi connectivity index (χ1) is 7.73. The highest BCUT2D eigenvalue weighted by Crippen LogP contribution is 1.86. The van der Waals surface area contributed by atoms with Crippen LogP contribution in [0.25, 0.3) is 0 Å². The van der Waals surface area contributed by atoms with E-state index in [-0.39, 0.29) is 0 Å². The molecule has 1 saturated heterocycles. The summed E-state index contributed by atoms with van der Waals surface area (Å²) in [4.78, 5) is 40.7. The van der Waals surface area contributed by atoms with Crippen molar-refractivity contribution in [3.63, 3.8) is 0 Å². The molecule has 7 N–H and O–H groups in total. The lowest BCUT2D eigenvalue weighted by atomic mass is 10.4. The summed E-state index contributed by atoms with van der Waals surface area (Å²) in [5.74, 6) is -1.80. The van der Waals surface area contributed by atoms with Crippen molar-refractivity contribution in [1.82, 2.24) is 16.0 Å². The van der Waals surface area contributed by atoms with Gasteiger partial charge in [-0.05, 0) is 6.92 Å². The Morgan fingerprint density at radius 1 is 1.47 bits per heavy atom. The van der Waals surface area contributed by atoms with Crippen LogP contribution in [0.3, 0.4) is 0 Å². The van der Waals surface area contributed by atoms with Crippen LogP contribution < -0.4 is 21.7 Å². The standard InChI is InChI=1S/C4H6N4O3.C3H6O3/c5-3(10)6-1-2(9)8-4(11)7-1;1-2(4)3(5)6/h1H,(H3,5,6,10)(H2,7,8,9,11);2,4H,1H3,(H,5,6). The van der Waals surface area contributed by atoms with Crippen molar-refractivity contribution < 1.29 is 29.4 Å². The molecule has 0 radical (unpaired) electrons. The molecule has 10 nitrogen and oxygen atoms in total. The number of aliphatic hydroxyl groups is 1. The SMILES string of the molecule is CC(O)C(=O)O.NC(=O)NC1NC(=O)NC1=O. The van der Waals surface area contributed by atoms with Crippen LogP contribution in [0.1, 0.15) is 6.92 Å². The molecule has 0 saturated carbocycles. The second-order valence-corrected chi connectivity index (χ2v) is 2.92. The fourth-order valence-electron chi connectivity index (χ4n) is 0.661. The van der Waals surface area contributed by atoms with E-state index in [0.717, 1.165) is 0 Å². The van der Waals surface area contributed by atoms with Gasteiger partial charge in [-0.2, -0.15) is 0 Å². The molecule has 2 unspecified atom stereocenters. The maximum atomic E-state index is 10.7. The minimum atomic E-state index is -1.23. The first-order valence-corrected chi connectivity index (χ1v) is 4.32. The van der Waals surface area contributed by atoms with E-state index in [1.165, 1.54) is 6.92 Å². The summed E-state index contributed by atoms with van der Waals surface area (Å²) < 4.78 is 0. The lowest BCUT2D eigenvalue weighted by Crippen LogP contribution is -2.48. The van der Waals surface area contributed by atoms with Gasteiger partial charge in [-0.15, -0.1) is 0 Å². The van der Waals surface area contributed by atoms with Crippen LogP contribution in [-0.4, -0.2) is 46.4 Å². The van der Waals surface area contributed by atoms with E-state index in [4.69, 9.17) is 15.9 Å². The van der Waals surface area contributed by atoms with Gasteiger partial charge < -0.3 is 26.6 Å². The Balaban J connectivity index is 0.000000366. The average Bonchev–Trinajstić information content (AvgIpc) is 2.44. The predicted molar refractivity (Wildman–Crippen MR) is 52.5 cm³/mol. The second-order valence-electron chi connectivity index (χ2n) is 2.92. The van der Waals surface area contributed by atoms with E-state index in [0.29, 0.717) is 0 Å². The van der Waals surface area contributed by atoms with Crippen molar-refractivity contribution in [2.45, 2.75) is 19.2 Å². The Bertz CT molecular complexity index is 341. The third-order valence-electron chi connectivity index (χ3n) is 1.42. The highest BCUT2D eigenvalue weighted by Gasteiger charge is 2.29. The van der Waals surface area contributed by atoms with E-state index in [9.17, 15) is 19.2 Å². The number of aliphatic carboxylic acids is 1. The largest absolute Gasteiger partial charge is 0.479 e. The van der Waals surface area contributed by atoms with Crippen molar-refractivity contribution in [3.8, 4) is 0 Å². The van der Waals surface area contributed by atoms with Crippen molar-refractivity contribution in [2.75, 3.05) is 0 Å². The molecule has 1 fully saturated rings. The Labute approximate surface area is 95.2 Å². The van der Waals surface area contributed by atoms with Crippen LogP contribution in [0.2, 0.25) is 0 Å². The Morgan fingerprint density at radius 3 is 2.18 bits per heavy atom. The number of carbonyl (C=O) groups is 4. The van der Waals surface area contributed by atoms with Crippen LogP contribution >= 0.6 is 0 Å². The molecule has 1 aliphatic heterocycles. The van der Waals surface area contributed by atoms with E-state index in [1.54, 1.807) is 0 Å². The number of carbonyl (C=O) groups excluding carboxylic acids is 3. The van der Waals surface area contributed by atoms with Gasteiger partial charge in [0.15, 0.2) is 6.17 Å². The highest BCUT2D eigenvalue weighted by atomic mass is 16.4. The number of amides is 5. The lowest BCUT2D eigenvalue weighted by Gasteiger charge is -2.05. The number of imide groups is 1. The maximum absolute atomic E-state index is 10.7. The van der Waals surface area contributed by atoms with Crippen LogP contribution in [0, 0.1) is 0 Å². The van der Waals surface area contributed by atoms with Gasteiger partial charge in [-0.3, -0.25) is 10.1 Å². The summed E-state index contributed by atoms with van der Waals surface area (Å²) in [5.41, 5.74) is 4.70. The van der Waals surface area contributed by atoms with Crippen LogP contribution in [-0.2, 0) is 9.59 Å². The number of primary amides is 1. The number of nitrogens with two attached hydrogens (primary N) is 1. The highest BCUT2D eigenvalue weighted by molar-refractivity contribution is 6.05. The Hall–Kier alpha value is -2.36. The normalized spacial score (nSPS) is 19.3. The zero-order chi connectivity index (χ0) is 13.6. The van der Waals surface area contributed by atoms with E-state index >= 15 is 0 Å². The fourth-order valence-corrected chi connectivity index (χ4v) is 0.661. The van der Waals surface area contributed by atoms with Gasteiger partial charge in [0.25, 0.3) is 5.91 Å². The molecule has 96 valence electrons. The summed E-state index contributed by atoms with van der Waals surface area (Å²) in [5, 5.41) is 21.8. The Kier molecular flexibility index (Phi) is 5.40. The first-order valence-electron chi connectivity index (χ1n) is 4.32. The van der Waals surface area contributed by atoms with Gasteiger partial charge in [-0.25, -0.2) is 14.4 Å². The van der Waals surface area contributed by atoms with Gasteiger partial charge in [0.1, 0.15) is 6.10 Å². The molecular weight excluding hydrogens is 236 g/mol. The summed E-state index contributed by atoms with van der Waals surface area (Å²) in [7, 11) is 0. The summed E-state index contributed by atoms with van der Waals surface area (Å²) >= 11 is 0. The lowest BCUT2D eigenvalue weighted by molar-refractivity contribution is -0.145. The van der Waals surface area contributed by atoms with Crippen molar-refractivity contribution in [2.24, 2.45) is 5.73 Å². The van der Waals surface area contributed by atoms with Crippen molar-refractivity contribution in [3.05, 3.63) is 0 Å². The van der Waals surface area contributed by atoms with E-state index in [2.05, 4.69) is 5.32 Å². The van der Waals surface area contributed by atoms with Crippen LogP contribution in [0.4, 0.5) is 9.59 Å². The summed E-state index contributed by atoms with van der Waals surface area (Å²) in [6, 6.07) is -1.51. The van der Waals surface area contributed by atoms with E-state index in [1.807, 2.05) is 10.6 Å². The molecule has 0 aromatic rings. The smallest absolute Gasteiger partial charge is 0.332 e. The zero-order valence-corrected chi connectivity index (χ0v) is 8.76. The van der Waals surface area contributed by atoms with Gasteiger partial charge in [-0.1, -0.05) is 0 Å². The van der Waals surface area contributed by atoms with E-state index < -0.39 is 36.2 Å². The fraction of sp³-hybridized carbons (Fsp3) is 0.429. The number of urea groups is 2. The minimum Gasteiger partial charge on any atom is -0.479 e. The minimum absolute atomic E-state index is 0.617. The predicted octanol–water partition coefficient (Wildman–Crippen LogP) is -2.73. The number of carboxylic acid groups (broad SMARTS) is 1. The Morgan fingerprint density at radius 2 is 1.94 bits per heavy atom. The summed E-state index contributed by atoms with van der Waals surface area (Å²) in [6.07, 6.45) is -2.27. The topological polar surface area (TPSA) is 171 Å². The number of rotatable bonds is 2. The summed E-state index contributed by atoms with van der Waals surface area (Å²) in [6.45, 7) is 1.20. The van der Waals surface area contributed by atoms with Crippen molar-refractivity contribution in [1.29, 1.82) is 0 Å². The molecule has 0 aromatic carbocycles. The maximum Gasteiger partial charge on any atom is 0.332 e. The molecular formula is C7H12N4O6. The molecule has 1 aliphatic rings. The second kappa shape index (κ2) is 6.27. The quantitative estimate of drug-likeness (QED) is 0.289. The van der Waals surface area contributed by atoms with Crippen molar-refractivity contribution >= 4 is 23.9 Å². The van der Waals surface area contributed by atoms with Crippen LogP contribution in [0.15, 0.2) is 0 Å². The van der Waals surface area contributed by atoms with Gasteiger partial charge in [0.2, 0.25) is 0 Å². The molecule has 0 bridgehead atoms. The van der Waals surface area contributed by atoms with Crippen LogP contribution in [0.5, 0.6) is 0 Å². The molecule has 17 heavy (non-hydrogen) atoms. The average molecular weight is 248 g/mol. The molecule has 1 heterocycles. The van der Waals surface area contributed by atoms with Gasteiger partial charge >= 0.3 is 18.0 Å². The molecule has 0 aliphatic carbocycles. The molecule has 0 spiro atoms. The number of hydrogen-bond acceptors (Lipinski definition) is 5. The monoisotopic (exact) mass is 248 g/mol. The third-order valence-corrected chi connectivity index (χ3v) is 1.42. The molecule has 5 amide bonds. The molecule has 2 atom stereocenters. The molecule has 10 heteroatoms. The van der Waals surface area contributed by atoms with Gasteiger partial charge in [0.05, 0.1) is 0 Å². The van der Waals surface area contributed by atoms with Gasteiger partial charge in [0, 0.05) is 0 Å². The molecule has 1 rings (SSSR count). The number of carboxylic acids is 1. The number of hydrogen-bond donors (Lipinski definition) is 6. The number of nitrogens with one attached hydrogen (secondary N) is 3. The zero-order valence-electron chi connectivity index (χ0n) is 8.76.